The number of hydrogen-bond acceptors (Lipinski definition) is 4. The number of hydrogen-bond donors (Lipinski definition) is 3. The minimum atomic E-state index is -1.14. The molecule has 1 aromatic heterocycles. The van der Waals surface area contributed by atoms with E-state index in [4.69, 9.17) is 5.11 Å². The van der Waals surface area contributed by atoms with Crippen LogP contribution in [0.25, 0.3) is 0 Å². The van der Waals surface area contributed by atoms with Crippen LogP contribution < -0.4 is 10.6 Å². The molecule has 0 radical (unpaired) electrons. The first kappa shape index (κ1) is 15.4. The Morgan fingerprint density at radius 1 is 1.35 bits per heavy atom. The van der Waals surface area contributed by atoms with Crippen molar-refractivity contribution in [3.63, 3.8) is 0 Å². The fourth-order valence-corrected chi connectivity index (χ4v) is 1.35. The molecule has 1 heterocycles. The van der Waals surface area contributed by atoms with E-state index >= 15 is 0 Å². The van der Waals surface area contributed by atoms with Gasteiger partial charge in [-0.25, -0.2) is 14.6 Å². The predicted octanol–water partition coefficient (Wildman–Crippen LogP) is 0.380. The lowest BCUT2D eigenvalue weighted by atomic mass is 10.3. The normalized spacial score (nSPS) is 9.70. The van der Waals surface area contributed by atoms with Crippen LogP contribution in [0.3, 0.4) is 0 Å². The third-order valence-electron chi connectivity index (χ3n) is 2.34. The van der Waals surface area contributed by atoms with E-state index in [1.807, 2.05) is 0 Å². The van der Waals surface area contributed by atoms with Gasteiger partial charge in [0.2, 0.25) is 5.91 Å². The number of anilines is 1. The molecule has 108 valence electrons. The number of rotatable bonds is 5. The standard InChI is InChI=1S/C12H16N4O4/c1-3-13-10(17)7-16(2)12(20)15-8-4-5-9(11(18)19)14-6-8/h4-6H,3,7H2,1-2H3,(H,13,17)(H,15,20)(H,18,19). The zero-order valence-electron chi connectivity index (χ0n) is 11.2. The lowest BCUT2D eigenvalue weighted by Gasteiger charge is -2.17. The summed E-state index contributed by atoms with van der Waals surface area (Å²) in [6.45, 7) is 2.21. The van der Waals surface area contributed by atoms with Crippen LogP contribution in [-0.4, -0.2) is 53.0 Å². The van der Waals surface area contributed by atoms with E-state index in [9.17, 15) is 14.4 Å². The van der Waals surface area contributed by atoms with Crippen LogP contribution in [0.5, 0.6) is 0 Å². The highest BCUT2D eigenvalue weighted by atomic mass is 16.4. The predicted molar refractivity (Wildman–Crippen MR) is 71.5 cm³/mol. The molecule has 0 aliphatic carbocycles. The van der Waals surface area contributed by atoms with E-state index < -0.39 is 12.0 Å². The minimum Gasteiger partial charge on any atom is -0.477 e. The van der Waals surface area contributed by atoms with Gasteiger partial charge < -0.3 is 20.6 Å². The molecule has 0 aliphatic rings. The summed E-state index contributed by atoms with van der Waals surface area (Å²) in [6, 6.07) is 2.22. The maximum atomic E-state index is 11.8. The molecular weight excluding hydrogens is 264 g/mol. The number of pyridine rings is 1. The molecule has 3 amide bonds. The Labute approximate surface area is 115 Å². The van der Waals surface area contributed by atoms with E-state index in [2.05, 4.69) is 15.6 Å². The molecule has 0 spiro atoms. The highest BCUT2D eigenvalue weighted by molar-refractivity contribution is 5.92. The number of carboxylic acids is 1. The minimum absolute atomic E-state index is 0.0691. The Kier molecular flexibility index (Phi) is 5.45. The van der Waals surface area contributed by atoms with Crippen molar-refractivity contribution in [3.05, 3.63) is 24.0 Å². The number of urea groups is 1. The highest BCUT2D eigenvalue weighted by Crippen LogP contribution is 2.07. The van der Waals surface area contributed by atoms with Gasteiger partial charge in [-0.1, -0.05) is 0 Å². The molecule has 0 unspecified atom stereocenters. The number of nitrogens with one attached hydrogen (secondary N) is 2. The molecule has 8 nitrogen and oxygen atoms in total. The number of nitrogens with zero attached hydrogens (tertiary/aromatic N) is 2. The number of aromatic nitrogens is 1. The van der Waals surface area contributed by atoms with Crippen LogP contribution in [0.1, 0.15) is 17.4 Å². The molecule has 1 aromatic rings. The second-order valence-electron chi connectivity index (χ2n) is 3.98. The van der Waals surface area contributed by atoms with Gasteiger partial charge in [0.05, 0.1) is 11.9 Å². The number of carboxylic acid groups (broad SMARTS) is 1. The summed E-state index contributed by atoms with van der Waals surface area (Å²) < 4.78 is 0. The number of carbonyl (C=O) groups excluding carboxylic acids is 2. The van der Waals surface area contributed by atoms with Gasteiger partial charge in [0.1, 0.15) is 12.2 Å². The van der Waals surface area contributed by atoms with Gasteiger partial charge in [0.15, 0.2) is 0 Å². The summed E-state index contributed by atoms with van der Waals surface area (Å²) in [5, 5.41) is 13.8. The Bertz CT molecular complexity index is 501. The summed E-state index contributed by atoms with van der Waals surface area (Å²) in [5.41, 5.74) is 0.237. The van der Waals surface area contributed by atoms with Gasteiger partial charge in [-0.2, -0.15) is 0 Å². The topological polar surface area (TPSA) is 112 Å². The van der Waals surface area contributed by atoms with Crippen molar-refractivity contribution in [2.75, 3.05) is 25.5 Å². The van der Waals surface area contributed by atoms with Crippen molar-refractivity contribution in [2.24, 2.45) is 0 Å². The summed E-state index contributed by atoms with van der Waals surface area (Å²) in [5.74, 6) is -1.40. The second-order valence-corrected chi connectivity index (χ2v) is 3.98. The fourth-order valence-electron chi connectivity index (χ4n) is 1.35. The molecule has 1 rings (SSSR count). The second kappa shape index (κ2) is 7.07. The summed E-state index contributed by atoms with van der Waals surface area (Å²) in [6.07, 6.45) is 1.24. The van der Waals surface area contributed by atoms with E-state index in [0.29, 0.717) is 12.2 Å². The zero-order valence-corrected chi connectivity index (χ0v) is 11.2. The smallest absolute Gasteiger partial charge is 0.354 e. The molecule has 0 atom stereocenters. The van der Waals surface area contributed by atoms with Gasteiger partial charge in [-0.05, 0) is 19.1 Å². The molecule has 0 saturated carbocycles. The highest BCUT2D eigenvalue weighted by Gasteiger charge is 2.13. The molecule has 0 fully saturated rings. The molecule has 0 bridgehead atoms. The molecule has 8 heteroatoms. The molecule has 0 saturated heterocycles. The van der Waals surface area contributed by atoms with E-state index in [-0.39, 0.29) is 18.1 Å². The van der Waals surface area contributed by atoms with Crippen LogP contribution in [0, 0.1) is 0 Å². The van der Waals surface area contributed by atoms with Gasteiger partial charge in [-0.15, -0.1) is 0 Å². The Balaban J connectivity index is 2.57. The lowest BCUT2D eigenvalue weighted by Crippen LogP contribution is -2.40. The van der Waals surface area contributed by atoms with Crippen molar-refractivity contribution in [1.82, 2.24) is 15.2 Å². The van der Waals surface area contributed by atoms with Crippen molar-refractivity contribution in [1.29, 1.82) is 0 Å². The number of aromatic carboxylic acids is 1. The van der Waals surface area contributed by atoms with Crippen LogP contribution in [0.4, 0.5) is 10.5 Å². The number of amides is 3. The van der Waals surface area contributed by atoms with E-state index in [1.54, 1.807) is 6.92 Å². The average molecular weight is 280 g/mol. The monoisotopic (exact) mass is 280 g/mol. The molecule has 20 heavy (non-hydrogen) atoms. The SMILES string of the molecule is CCNC(=O)CN(C)C(=O)Nc1ccc(C(=O)O)nc1. The zero-order chi connectivity index (χ0) is 15.1. The fraction of sp³-hybridized carbons (Fsp3) is 0.333. The molecule has 0 aromatic carbocycles. The van der Waals surface area contributed by atoms with Gasteiger partial charge in [-0.3, -0.25) is 4.79 Å². The Morgan fingerprint density at radius 2 is 2.05 bits per heavy atom. The Hall–Kier alpha value is -2.64. The molecule has 0 aliphatic heterocycles. The van der Waals surface area contributed by atoms with Crippen molar-refractivity contribution in [3.8, 4) is 0 Å². The third-order valence-corrected chi connectivity index (χ3v) is 2.34. The third kappa shape index (κ3) is 4.56. The maximum Gasteiger partial charge on any atom is 0.354 e. The van der Waals surface area contributed by atoms with Crippen LogP contribution in [0.2, 0.25) is 0 Å². The first-order valence-electron chi connectivity index (χ1n) is 5.92. The van der Waals surface area contributed by atoms with Gasteiger partial charge in [0, 0.05) is 13.6 Å². The largest absolute Gasteiger partial charge is 0.477 e. The summed E-state index contributed by atoms with van der Waals surface area (Å²) >= 11 is 0. The van der Waals surface area contributed by atoms with Crippen LogP contribution in [-0.2, 0) is 4.79 Å². The first-order valence-corrected chi connectivity index (χ1v) is 5.92. The number of likely N-dealkylation sites (N-methyl/N-ethyl adjacent to an activating group) is 2. The van der Waals surface area contributed by atoms with Crippen LogP contribution >= 0.6 is 0 Å². The molecule has 3 N–H and O–H groups in total. The quantitative estimate of drug-likeness (QED) is 0.722. The van der Waals surface area contributed by atoms with Crippen molar-refractivity contribution >= 4 is 23.6 Å². The summed E-state index contributed by atoms with van der Waals surface area (Å²) in [4.78, 5) is 38.6. The first-order chi connectivity index (χ1) is 9.43. The number of carbonyl (C=O) groups is 3. The van der Waals surface area contributed by atoms with Crippen molar-refractivity contribution in [2.45, 2.75) is 6.92 Å². The van der Waals surface area contributed by atoms with E-state index in [1.165, 1.54) is 30.3 Å². The van der Waals surface area contributed by atoms with Gasteiger partial charge in [0.25, 0.3) is 0 Å². The average Bonchev–Trinajstić information content (AvgIpc) is 2.39. The van der Waals surface area contributed by atoms with Gasteiger partial charge >= 0.3 is 12.0 Å². The van der Waals surface area contributed by atoms with Crippen molar-refractivity contribution < 1.29 is 19.5 Å². The lowest BCUT2D eigenvalue weighted by molar-refractivity contribution is -0.121. The maximum absolute atomic E-state index is 11.8. The summed E-state index contributed by atoms with van der Waals surface area (Å²) in [7, 11) is 1.48. The van der Waals surface area contributed by atoms with E-state index in [0.717, 1.165) is 0 Å². The van der Waals surface area contributed by atoms with Crippen LogP contribution in [0.15, 0.2) is 18.3 Å². The molecular formula is C12H16N4O4. The Morgan fingerprint density at radius 3 is 2.55 bits per heavy atom.